The van der Waals surface area contributed by atoms with Gasteiger partial charge in [-0.05, 0) is 5.56 Å². The van der Waals surface area contributed by atoms with Crippen LogP contribution in [0.5, 0.6) is 0 Å². The summed E-state index contributed by atoms with van der Waals surface area (Å²) >= 11 is 2.98. The van der Waals surface area contributed by atoms with Crippen LogP contribution in [0.2, 0.25) is 0 Å². The van der Waals surface area contributed by atoms with E-state index in [1.54, 1.807) is 11.8 Å². The third-order valence-corrected chi connectivity index (χ3v) is 5.10. The van der Waals surface area contributed by atoms with Gasteiger partial charge in [-0.15, -0.1) is 22.6 Å². The molecule has 1 aliphatic rings. The first-order valence-electron chi connectivity index (χ1n) is 6.95. The molecule has 3 rings (SSSR count). The molecular formula is C14H17ClN4O2S2. The van der Waals surface area contributed by atoms with Gasteiger partial charge in [0.05, 0.1) is 6.61 Å². The Bertz CT molecular complexity index is 620. The minimum atomic E-state index is -0.460. The first-order chi connectivity index (χ1) is 10.8. The average Bonchev–Trinajstić information content (AvgIpc) is 3.02. The van der Waals surface area contributed by atoms with Gasteiger partial charge >= 0.3 is 0 Å². The molecule has 1 aromatic heterocycles. The van der Waals surface area contributed by atoms with Crippen molar-refractivity contribution in [2.24, 2.45) is 0 Å². The van der Waals surface area contributed by atoms with Gasteiger partial charge in [-0.3, -0.25) is 10.1 Å². The first kappa shape index (κ1) is 18.2. The van der Waals surface area contributed by atoms with Gasteiger partial charge in [0.25, 0.3) is 5.91 Å². The zero-order chi connectivity index (χ0) is 15.2. The molecule has 1 amide bonds. The molecule has 0 aliphatic carbocycles. The lowest BCUT2D eigenvalue weighted by molar-refractivity contribution is -0.128. The second-order valence-electron chi connectivity index (χ2n) is 4.70. The number of amides is 1. The number of nitrogens with one attached hydrogen (secondary N) is 2. The summed E-state index contributed by atoms with van der Waals surface area (Å²) in [6.45, 7) is 1.86. The van der Waals surface area contributed by atoms with Gasteiger partial charge in [0.1, 0.15) is 6.10 Å². The van der Waals surface area contributed by atoms with Crippen molar-refractivity contribution in [1.82, 2.24) is 15.5 Å². The van der Waals surface area contributed by atoms with Gasteiger partial charge in [0.15, 0.2) is 4.34 Å². The van der Waals surface area contributed by atoms with Crippen LogP contribution in [0, 0.1) is 0 Å². The Morgan fingerprint density at radius 1 is 1.39 bits per heavy atom. The zero-order valence-corrected chi connectivity index (χ0v) is 14.7. The molecule has 0 bridgehead atoms. The summed E-state index contributed by atoms with van der Waals surface area (Å²) in [6, 6.07) is 10.2. The highest BCUT2D eigenvalue weighted by molar-refractivity contribution is 8.00. The number of nitrogens with zero attached hydrogens (tertiary/aromatic N) is 2. The number of carbonyl (C=O) groups is 1. The van der Waals surface area contributed by atoms with Crippen LogP contribution in [0.15, 0.2) is 34.7 Å². The molecule has 1 aliphatic heterocycles. The van der Waals surface area contributed by atoms with Crippen LogP contribution in [-0.2, 0) is 15.3 Å². The summed E-state index contributed by atoms with van der Waals surface area (Å²) in [5.41, 5.74) is 1.23. The highest BCUT2D eigenvalue weighted by Crippen LogP contribution is 2.28. The Labute approximate surface area is 148 Å². The second-order valence-corrected chi connectivity index (χ2v) is 6.90. The molecule has 0 radical (unpaired) electrons. The van der Waals surface area contributed by atoms with Gasteiger partial charge < -0.3 is 10.1 Å². The topological polar surface area (TPSA) is 76.1 Å². The number of anilines is 1. The Balaban J connectivity index is 0.00000192. The molecule has 2 N–H and O–H groups in total. The Morgan fingerprint density at radius 3 is 2.96 bits per heavy atom. The van der Waals surface area contributed by atoms with Crippen LogP contribution in [0.25, 0.3) is 0 Å². The minimum absolute atomic E-state index is 0. The molecule has 9 heteroatoms. The van der Waals surface area contributed by atoms with Gasteiger partial charge in [-0.1, -0.05) is 53.4 Å². The van der Waals surface area contributed by atoms with Crippen LogP contribution >= 0.6 is 35.5 Å². The standard InChI is InChI=1S/C14H16N4O2S2.ClH/c19-12(11-8-15-6-7-20-11)16-13-17-18-14(22-13)21-9-10-4-2-1-3-5-10;/h1-5,11,15H,6-9H2,(H,16,17,19);1H. The lowest BCUT2D eigenvalue weighted by Gasteiger charge is -2.21. The summed E-state index contributed by atoms with van der Waals surface area (Å²) in [5.74, 6) is 0.655. The highest BCUT2D eigenvalue weighted by Gasteiger charge is 2.22. The SMILES string of the molecule is Cl.O=C(Nc1nnc(SCc2ccccc2)s1)C1CNCCO1. The monoisotopic (exact) mass is 372 g/mol. The fourth-order valence-corrected chi connectivity index (χ4v) is 3.67. The molecular weight excluding hydrogens is 356 g/mol. The van der Waals surface area contributed by atoms with E-state index < -0.39 is 6.10 Å². The average molecular weight is 373 g/mol. The van der Waals surface area contributed by atoms with E-state index in [1.165, 1.54) is 16.9 Å². The number of aromatic nitrogens is 2. The van der Waals surface area contributed by atoms with E-state index in [0.29, 0.717) is 18.3 Å². The van der Waals surface area contributed by atoms with E-state index in [0.717, 1.165) is 16.6 Å². The van der Waals surface area contributed by atoms with Crippen LogP contribution in [0.4, 0.5) is 5.13 Å². The Morgan fingerprint density at radius 2 is 2.22 bits per heavy atom. The van der Waals surface area contributed by atoms with Crippen molar-refractivity contribution in [1.29, 1.82) is 0 Å². The maximum absolute atomic E-state index is 12.0. The van der Waals surface area contributed by atoms with Crippen molar-refractivity contribution in [2.45, 2.75) is 16.2 Å². The van der Waals surface area contributed by atoms with E-state index in [-0.39, 0.29) is 18.3 Å². The van der Waals surface area contributed by atoms with Crippen LogP contribution in [-0.4, -0.2) is 41.9 Å². The summed E-state index contributed by atoms with van der Waals surface area (Å²) in [5, 5.41) is 14.5. The maximum atomic E-state index is 12.0. The van der Waals surface area contributed by atoms with Crippen LogP contribution < -0.4 is 10.6 Å². The third-order valence-electron chi connectivity index (χ3n) is 3.06. The summed E-state index contributed by atoms with van der Waals surface area (Å²) in [4.78, 5) is 12.0. The van der Waals surface area contributed by atoms with Crippen molar-refractivity contribution in [2.75, 3.05) is 25.0 Å². The quantitative estimate of drug-likeness (QED) is 0.619. The lowest BCUT2D eigenvalue weighted by atomic mass is 10.2. The fourth-order valence-electron chi connectivity index (χ4n) is 1.96. The molecule has 0 spiro atoms. The van der Waals surface area contributed by atoms with Crippen LogP contribution in [0.3, 0.4) is 0 Å². The highest BCUT2D eigenvalue weighted by atomic mass is 35.5. The molecule has 2 heterocycles. The number of hydrogen-bond acceptors (Lipinski definition) is 7. The van der Waals surface area contributed by atoms with Gasteiger partial charge in [-0.2, -0.15) is 0 Å². The van der Waals surface area contributed by atoms with E-state index in [2.05, 4.69) is 33.0 Å². The van der Waals surface area contributed by atoms with Gasteiger partial charge in [-0.25, -0.2) is 0 Å². The molecule has 0 saturated carbocycles. The smallest absolute Gasteiger partial charge is 0.256 e. The van der Waals surface area contributed by atoms with Crippen molar-refractivity contribution >= 4 is 46.5 Å². The molecule has 1 fully saturated rings. The Kier molecular flexibility index (Phi) is 7.25. The number of rotatable bonds is 5. The predicted octanol–water partition coefficient (Wildman–Crippen LogP) is 2.18. The summed E-state index contributed by atoms with van der Waals surface area (Å²) in [7, 11) is 0. The Hall–Kier alpha value is -1.19. The molecule has 2 aromatic rings. The first-order valence-corrected chi connectivity index (χ1v) is 8.75. The summed E-state index contributed by atoms with van der Waals surface area (Å²) in [6.07, 6.45) is -0.460. The van der Waals surface area contributed by atoms with Crippen molar-refractivity contribution in [3.05, 3.63) is 35.9 Å². The van der Waals surface area contributed by atoms with Crippen molar-refractivity contribution in [3.8, 4) is 0 Å². The van der Waals surface area contributed by atoms with Gasteiger partial charge in [0.2, 0.25) is 5.13 Å². The number of carbonyl (C=O) groups excluding carboxylic acids is 1. The molecule has 6 nitrogen and oxygen atoms in total. The van der Waals surface area contributed by atoms with Crippen molar-refractivity contribution < 1.29 is 9.53 Å². The number of ether oxygens (including phenoxy) is 1. The number of morpholine rings is 1. The molecule has 1 aromatic carbocycles. The number of hydrogen-bond donors (Lipinski definition) is 2. The van der Waals surface area contributed by atoms with E-state index in [4.69, 9.17) is 4.74 Å². The van der Waals surface area contributed by atoms with Crippen LogP contribution in [0.1, 0.15) is 5.56 Å². The predicted molar refractivity (Wildman–Crippen MR) is 94.4 cm³/mol. The summed E-state index contributed by atoms with van der Waals surface area (Å²) < 4.78 is 6.24. The van der Waals surface area contributed by atoms with E-state index in [1.807, 2.05) is 18.2 Å². The normalized spacial score (nSPS) is 17.3. The zero-order valence-electron chi connectivity index (χ0n) is 12.2. The number of thioether (sulfide) groups is 1. The lowest BCUT2D eigenvalue weighted by Crippen LogP contribution is -2.45. The number of halogens is 1. The van der Waals surface area contributed by atoms with E-state index >= 15 is 0 Å². The van der Waals surface area contributed by atoms with Gasteiger partial charge in [0, 0.05) is 18.8 Å². The molecule has 124 valence electrons. The third kappa shape index (κ3) is 5.43. The van der Waals surface area contributed by atoms with E-state index in [9.17, 15) is 4.79 Å². The fraction of sp³-hybridized carbons (Fsp3) is 0.357. The largest absolute Gasteiger partial charge is 0.366 e. The molecule has 1 saturated heterocycles. The minimum Gasteiger partial charge on any atom is -0.366 e. The number of benzene rings is 1. The second kappa shape index (κ2) is 9.19. The van der Waals surface area contributed by atoms with Crippen molar-refractivity contribution in [3.63, 3.8) is 0 Å². The molecule has 23 heavy (non-hydrogen) atoms. The molecule has 1 unspecified atom stereocenters. The molecule has 1 atom stereocenters. The maximum Gasteiger partial charge on any atom is 0.256 e.